The zero-order chi connectivity index (χ0) is 14.0. The maximum absolute atomic E-state index is 12.5. The van der Waals surface area contributed by atoms with Crippen LogP contribution in [-0.4, -0.2) is 45.6 Å². The van der Waals surface area contributed by atoms with E-state index in [2.05, 4.69) is 34.3 Å². The molecule has 1 aromatic heterocycles. The molecule has 0 aliphatic carbocycles. The van der Waals surface area contributed by atoms with E-state index in [1.165, 1.54) is 0 Å². The molecule has 1 saturated heterocycles. The van der Waals surface area contributed by atoms with Gasteiger partial charge in [-0.3, -0.25) is 9.89 Å². The molecular formula is C13H23N5O. The number of nitrogens with zero attached hydrogens (tertiary/aromatic N) is 3. The van der Waals surface area contributed by atoms with Gasteiger partial charge in [0.2, 0.25) is 5.91 Å². The summed E-state index contributed by atoms with van der Waals surface area (Å²) in [7, 11) is 1.81. The van der Waals surface area contributed by atoms with Gasteiger partial charge in [0.15, 0.2) is 5.82 Å². The number of likely N-dealkylation sites (N-methyl/N-ethyl adjacent to an activating group) is 1. The van der Waals surface area contributed by atoms with Crippen molar-refractivity contribution in [3.63, 3.8) is 0 Å². The first-order chi connectivity index (χ1) is 8.90. The van der Waals surface area contributed by atoms with E-state index >= 15 is 0 Å². The van der Waals surface area contributed by atoms with Crippen molar-refractivity contribution in [1.29, 1.82) is 0 Å². The van der Waals surface area contributed by atoms with Gasteiger partial charge < -0.3 is 10.2 Å². The summed E-state index contributed by atoms with van der Waals surface area (Å²) in [6.45, 7) is 7.49. The minimum absolute atomic E-state index is 0.00147. The molecule has 6 nitrogen and oxygen atoms in total. The van der Waals surface area contributed by atoms with Crippen molar-refractivity contribution in [3.05, 3.63) is 11.6 Å². The zero-order valence-electron chi connectivity index (χ0n) is 12.2. The van der Waals surface area contributed by atoms with Crippen molar-refractivity contribution < 1.29 is 4.79 Å². The summed E-state index contributed by atoms with van der Waals surface area (Å²) in [5, 5.41) is 10.2. The summed E-state index contributed by atoms with van der Waals surface area (Å²) in [5.41, 5.74) is -0.00147. The van der Waals surface area contributed by atoms with Crippen LogP contribution in [0.25, 0.3) is 0 Å². The van der Waals surface area contributed by atoms with E-state index < -0.39 is 0 Å². The molecule has 1 atom stereocenters. The summed E-state index contributed by atoms with van der Waals surface area (Å²) >= 11 is 0. The standard InChI is InChI=1S/C13H23N5O/c1-9-15-10(17-16-9)8-18(4)12(19)11-13(2,3)6-5-7-14-11/h11,14H,5-8H2,1-4H3,(H,15,16,17). The van der Waals surface area contributed by atoms with E-state index in [1.54, 1.807) is 11.9 Å². The van der Waals surface area contributed by atoms with E-state index in [4.69, 9.17) is 0 Å². The van der Waals surface area contributed by atoms with Crippen molar-refractivity contribution >= 4 is 5.91 Å². The highest BCUT2D eigenvalue weighted by Crippen LogP contribution is 2.31. The van der Waals surface area contributed by atoms with Crippen LogP contribution in [0.3, 0.4) is 0 Å². The van der Waals surface area contributed by atoms with Crippen LogP contribution in [0.15, 0.2) is 0 Å². The number of H-pyrrole nitrogens is 1. The third-order valence-electron chi connectivity index (χ3n) is 3.77. The average Bonchev–Trinajstić information content (AvgIpc) is 2.73. The normalized spacial score (nSPS) is 22.2. The number of aryl methyl sites for hydroxylation is 1. The van der Waals surface area contributed by atoms with E-state index in [0.29, 0.717) is 12.4 Å². The van der Waals surface area contributed by atoms with Gasteiger partial charge in [-0.05, 0) is 31.7 Å². The minimum atomic E-state index is -0.119. The fourth-order valence-electron chi connectivity index (χ4n) is 2.60. The summed E-state index contributed by atoms with van der Waals surface area (Å²) in [6, 6.07) is -0.119. The molecule has 2 heterocycles. The quantitative estimate of drug-likeness (QED) is 0.849. The predicted molar refractivity (Wildman–Crippen MR) is 72.4 cm³/mol. The van der Waals surface area contributed by atoms with Gasteiger partial charge in [0.05, 0.1) is 12.6 Å². The molecule has 2 N–H and O–H groups in total. The van der Waals surface area contributed by atoms with E-state index in [0.717, 1.165) is 25.2 Å². The molecule has 1 unspecified atom stereocenters. The van der Waals surface area contributed by atoms with Gasteiger partial charge >= 0.3 is 0 Å². The number of nitrogens with one attached hydrogen (secondary N) is 2. The van der Waals surface area contributed by atoms with Gasteiger partial charge in [-0.15, -0.1) is 0 Å². The fourth-order valence-corrected chi connectivity index (χ4v) is 2.60. The van der Waals surface area contributed by atoms with Gasteiger partial charge in [-0.2, -0.15) is 5.10 Å². The maximum atomic E-state index is 12.5. The molecular weight excluding hydrogens is 242 g/mol. The molecule has 19 heavy (non-hydrogen) atoms. The predicted octanol–water partition coefficient (Wildman–Crippen LogP) is 0.850. The van der Waals surface area contributed by atoms with Crippen LogP contribution in [0.4, 0.5) is 0 Å². The number of hydrogen-bond acceptors (Lipinski definition) is 4. The van der Waals surface area contributed by atoms with Crippen molar-refractivity contribution in [1.82, 2.24) is 25.4 Å². The molecule has 0 bridgehead atoms. The average molecular weight is 265 g/mol. The van der Waals surface area contributed by atoms with Crippen LogP contribution in [0, 0.1) is 12.3 Å². The second kappa shape index (κ2) is 5.28. The van der Waals surface area contributed by atoms with Crippen LogP contribution in [0.2, 0.25) is 0 Å². The molecule has 1 fully saturated rings. The molecule has 1 aromatic rings. The van der Waals surface area contributed by atoms with Crippen LogP contribution >= 0.6 is 0 Å². The Labute approximate surface area is 114 Å². The molecule has 0 spiro atoms. The third kappa shape index (κ3) is 3.12. The first-order valence-corrected chi connectivity index (χ1v) is 6.76. The van der Waals surface area contributed by atoms with E-state index in [1.807, 2.05) is 6.92 Å². The van der Waals surface area contributed by atoms with Crippen molar-refractivity contribution in [2.75, 3.05) is 13.6 Å². The number of hydrogen-bond donors (Lipinski definition) is 2. The number of aromatic amines is 1. The Hall–Kier alpha value is -1.43. The highest BCUT2D eigenvalue weighted by atomic mass is 16.2. The Kier molecular flexibility index (Phi) is 3.89. The van der Waals surface area contributed by atoms with E-state index in [-0.39, 0.29) is 17.4 Å². The summed E-state index contributed by atoms with van der Waals surface area (Å²) in [4.78, 5) is 18.5. The molecule has 0 saturated carbocycles. The lowest BCUT2D eigenvalue weighted by molar-refractivity contribution is -0.136. The molecule has 0 radical (unpaired) electrons. The van der Waals surface area contributed by atoms with Crippen LogP contribution in [0.1, 0.15) is 38.3 Å². The summed E-state index contributed by atoms with van der Waals surface area (Å²) in [5.74, 6) is 1.54. The first-order valence-electron chi connectivity index (χ1n) is 6.76. The lowest BCUT2D eigenvalue weighted by Crippen LogP contribution is -2.55. The van der Waals surface area contributed by atoms with Gasteiger partial charge in [-0.25, -0.2) is 4.98 Å². The smallest absolute Gasteiger partial charge is 0.240 e. The Balaban J connectivity index is 2.02. The Morgan fingerprint density at radius 3 is 2.84 bits per heavy atom. The molecule has 1 amide bonds. The minimum Gasteiger partial charge on any atom is -0.337 e. The van der Waals surface area contributed by atoms with Crippen LogP contribution < -0.4 is 5.32 Å². The monoisotopic (exact) mass is 265 g/mol. The largest absolute Gasteiger partial charge is 0.337 e. The highest BCUT2D eigenvalue weighted by molar-refractivity contribution is 5.82. The molecule has 6 heteroatoms. The van der Waals surface area contributed by atoms with E-state index in [9.17, 15) is 4.79 Å². The zero-order valence-corrected chi connectivity index (χ0v) is 12.2. The van der Waals surface area contributed by atoms with Crippen molar-refractivity contribution in [3.8, 4) is 0 Å². The number of carbonyl (C=O) groups excluding carboxylic acids is 1. The third-order valence-corrected chi connectivity index (χ3v) is 3.77. The maximum Gasteiger partial charge on any atom is 0.240 e. The molecule has 0 aromatic carbocycles. The Morgan fingerprint density at radius 2 is 2.26 bits per heavy atom. The Morgan fingerprint density at radius 1 is 1.53 bits per heavy atom. The Bertz CT molecular complexity index is 454. The van der Waals surface area contributed by atoms with Crippen LogP contribution in [0.5, 0.6) is 0 Å². The van der Waals surface area contributed by atoms with Gasteiger partial charge in [0.1, 0.15) is 5.82 Å². The number of piperidine rings is 1. The topological polar surface area (TPSA) is 73.9 Å². The van der Waals surface area contributed by atoms with Crippen molar-refractivity contribution in [2.45, 2.75) is 46.2 Å². The highest BCUT2D eigenvalue weighted by Gasteiger charge is 2.38. The number of carbonyl (C=O) groups is 1. The van der Waals surface area contributed by atoms with Gasteiger partial charge in [0, 0.05) is 7.05 Å². The SMILES string of the molecule is Cc1nc(CN(C)C(=O)C2NCCCC2(C)C)n[nH]1. The lowest BCUT2D eigenvalue weighted by Gasteiger charge is -2.39. The number of amides is 1. The lowest BCUT2D eigenvalue weighted by atomic mass is 9.77. The molecule has 2 rings (SSSR count). The molecule has 1 aliphatic rings. The molecule has 106 valence electrons. The number of aromatic nitrogens is 3. The second-order valence-electron chi connectivity index (χ2n) is 6.01. The van der Waals surface area contributed by atoms with Gasteiger partial charge in [0.25, 0.3) is 0 Å². The van der Waals surface area contributed by atoms with Gasteiger partial charge in [-0.1, -0.05) is 13.8 Å². The summed E-state index contributed by atoms with van der Waals surface area (Å²) in [6.07, 6.45) is 2.20. The molecule has 1 aliphatic heterocycles. The number of rotatable bonds is 3. The van der Waals surface area contributed by atoms with Crippen LogP contribution in [-0.2, 0) is 11.3 Å². The first kappa shape index (κ1) is 14.0. The second-order valence-corrected chi connectivity index (χ2v) is 6.01. The van der Waals surface area contributed by atoms with Crippen molar-refractivity contribution in [2.24, 2.45) is 5.41 Å². The summed E-state index contributed by atoms with van der Waals surface area (Å²) < 4.78 is 0. The fraction of sp³-hybridized carbons (Fsp3) is 0.769.